The summed E-state index contributed by atoms with van der Waals surface area (Å²) < 4.78 is 10.7. The highest BCUT2D eigenvalue weighted by Gasteiger charge is 2.13. The van der Waals surface area contributed by atoms with Crippen molar-refractivity contribution < 1.29 is 13.9 Å². The summed E-state index contributed by atoms with van der Waals surface area (Å²) in [6, 6.07) is 14.2. The summed E-state index contributed by atoms with van der Waals surface area (Å²) in [6.45, 7) is -0.0917. The Morgan fingerprint density at radius 1 is 1.16 bits per heavy atom. The maximum atomic E-state index is 12.2. The van der Waals surface area contributed by atoms with Crippen molar-refractivity contribution in [2.75, 3.05) is 19.0 Å². The largest absolute Gasteiger partial charge is 0.452 e. The first kappa shape index (κ1) is 17.0. The highest BCUT2D eigenvalue weighted by molar-refractivity contribution is 6.30. The number of carbonyl (C=O) groups excluding carboxylic acids is 1. The minimum Gasteiger partial charge on any atom is -0.452 e. The molecule has 1 heterocycles. The molecule has 0 N–H and O–H groups in total. The van der Waals surface area contributed by atoms with Gasteiger partial charge in [0.2, 0.25) is 5.89 Å². The molecule has 0 amide bonds. The van der Waals surface area contributed by atoms with Gasteiger partial charge in [0.15, 0.2) is 6.61 Å². The first-order valence-electron chi connectivity index (χ1n) is 7.56. The Labute approximate surface area is 150 Å². The number of rotatable bonds is 5. The van der Waals surface area contributed by atoms with Gasteiger partial charge in [0.1, 0.15) is 0 Å². The van der Waals surface area contributed by atoms with Gasteiger partial charge in [0.05, 0.1) is 5.56 Å². The van der Waals surface area contributed by atoms with Gasteiger partial charge in [0, 0.05) is 30.4 Å². The van der Waals surface area contributed by atoms with E-state index in [4.69, 9.17) is 20.8 Å². The lowest BCUT2D eigenvalue weighted by Gasteiger charge is -2.12. The predicted molar refractivity (Wildman–Crippen MR) is 94.6 cm³/mol. The second-order valence-electron chi connectivity index (χ2n) is 5.53. The number of halogens is 1. The Bertz CT molecular complexity index is 875. The smallest absolute Gasteiger partial charge is 0.338 e. The van der Waals surface area contributed by atoms with Crippen LogP contribution in [0.4, 0.5) is 5.69 Å². The summed E-state index contributed by atoms with van der Waals surface area (Å²) >= 11 is 5.85. The zero-order chi connectivity index (χ0) is 17.8. The van der Waals surface area contributed by atoms with Crippen LogP contribution in [-0.2, 0) is 11.3 Å². The molecule has 0 unspecified atom stereocenters. The summed E-state index contributed by atoms with van der Waals surface area (Å²) in [5.41, 5.74) is 2.12. The minimum absolute atomic E-state index is 0.0917. The van der Waals surface area contributed by atoms with E-state index in [2.05, 4.69) is 10.2 Å². The third-order valence-electron chi connectivity index (χ3n) is 3.48. The second kappa shape index (κ2) is 7.36. The van der Waals surface area contributed by atoms with Crippen molar-refractivity contribution in [3.63, 3.8) is 0 Å². The SMILES string of the molecule is CN(C)c1cccc(C(=O)OCc2nnc(-c3ccc(Cl)cc3)o2)c1. The van der Waals surface area contributed by atoms with E-state index in [0.29, 0.717) is 16.5 Å². The van der Waals surface area contributed by atoms with E-state index >= 15 is 0 Å². The second-order valence-corrected chi connectivity index (χ2v) is 5.97. The van der Waals surface area contributed by atoms with Crippen molar-refractivity contribution in [3.8, 4) is 11.5 Å². The molecule has 1 aromatic heterocycles. The van der Waals surface area contributed by atoms with Gasteiger partial charge in [-0.25, -0.2) is 4.79 Å². The lowest BCUT2D eigenvalue weighted by molar-refractivity contribution is 0.0438. The molecule has 0 fully saturated rings. The summed E-state index contributed by atoms with van der Waals surface area (Å²) in [7, 11) is 3.81. The molecule has 6 nitrogen and oxygen atoms in total. The van der Waals surface area contributed by atoms with Gasteiger partial charge in [-0.15, -0.1) is 10.2 Å². The fourth-order valence-electron chi connectivity index (χ4n) is 2.14. The molecule has 0 atom stereocenters. The Balaban J connectivity index is 1.65. The van der Waals surface area contributed by atoms with Crippen molar-refractivity contribution in [1.29, 1.82) is 0 Å². The number of aromatic nitrogens is 2. The molecule has 0 saturated carbocycles. The third kappa shape index (κ3) is 4.16. The normalized spacial score (nSPS) is 10.5. The van der Waals surface area contributed by atoms with Gasteiger partial charge in [-0.05, 0) is 42.5 Å². The van der Waals surface area contributed by atoms with E-state index < -0.39 is 5.97 Å². The van der Waals surface area contributed by atoms with E-state index in [-0.39, 0.29) is 12.5 Å². The number of hydrogen-bond acceptors (Lipinski definition) is 6. The van der Waals surface area contributed by atoms with Gasteiger partial charge in [-0.3, -0.25) is 0 Å². The topological polar surface area (TPSA) is 68.5 Å². The molecule has 7 heteroatoms. The number of ether oxygens (including phenoxy) is 1. The van der Waals surface area contributed by atoms with Gasteiger partial charge in [-0.1, -0.05) is 17.7 Å². The van der Waals surface area contributed by atoms with Crippen LogP contribution in [0, 0.1) is 0 Å². The molecule has 0 radical (unpaired) electrons. The standard InChI is InChI=1S/C18H16ClN3O3/c1-22(2)15-5-3-4-13(10-15)18(23)24-11-16-20-21-17(25-16)12-6-8-14(19)9-7-12/h3-10H,11H2,1-2H3. The Morgan fingerprint density at radius 3 is 2.64 bits per heavy atom. The van der Waals surface area contributed by atoms with E-state index in [1.54, 1.807) is 42.5 Å². The molecule has 0 aliphatic carbocycles. The van der Waals surface area contributed by atoms with E-state index in [1.807, 2.05) is 25.1 Å². The molecule has 0 spiro atoms. The van der Waals surface area contributed by atoms with E-state index in [9.17, 15) is 4.79 Å². The van der Waals surface area contributed by atoms with Gasteiger partial charge in [0.25, 0.3) is 5.89 Å². The zero-order valence-corrected chi connectivity index (χ0v) is 14.5. The monoisotopic (exact) mass is 357 g/mol. The zero-order valence-electron chi connectivity index (χ0n) is 13.8. The summed E-state index contributed by atoms with van der Waals surface area (Å²) in [5.74, 6) is 0.120. The fraction of sp³-hybridized carbons (Fsp3) is 0.167. The van der Waals surface area contributed by atoms with Crippen LogP contribution < -0.4 is 4.90 Å². The lowest BCUT2D eigenvalue weighted by atomic mass is 10.2. The highest BCUT2D eigenvalue weighted by atomic mass is 35.5. The number of esters is 1. The Kier molecular flexibility index (Phi) is 5.00. The number of anilines is 1. The van der Waals surface area contributed by atoms with Crippen molar-refractivity contribution in [3.05, 3.63) is 65.0 Å². The quantitative estimate of drug-likeness (QED) is 0.647. The first-order valence-corrected chi connectivity index (χ1v) is 7.93. The van der Waals surface area contributed by atoms with Gasteiger partial charge in [-0.2, -0.15) is 0 Å². The average molecular weight is 358 g/mol. The van der Waals surface area contributed by atoms with Crippen LogP contribution in [0.5, 0.6) is 0 Å². The molecule has 0 saturated heterocycles. The molecule has 2 aromatic carbocycles. The van der Waals surface area contributed by atoms with Crippen LogP contribution in [0.15, 0.2) is 52.9 Å². The highest BCUT2D eigenvalue weighted by Crippen LogP contribution is 2.21. The Morgan fingerprint density at radius 2 is 1.92 bits per heavy atom. The molecule has 0 aliphatic rings. The number of carbonyl (C=O) groups is 1. The molecule has 0 bridgehead atoms. The van der Waals surface area contributed by atoms with Crippen molar-refractivity contribution in [1.82, 2.24) is 10.2 Å². The maximum Gasteiger partial charge on any atom is 0.338 e. The fourth-order valence-corrected chi connectivity index (χ4v) is 2.27. The summed E-state index contributed by atoms with van der Waals surface area (Å²) in [4.78, 5) is 14.1. The first-order chi connectivity index (χ1) is 12.0. The van der Waals surface area contributed by atoms with Crippen LogP contribution in [0.1, 0.15) is 16.2 Å². The third-order valence-corrected chi connectivity index (χ3v) is 3.73. The van der Waals surface area contributed by atoms with Crippen LogP contribution in [-0.4, -0.2) is 30.3 Å². The number of nitrogens with zero attached hydrogens (tertiary/aromatic N) is 3. The Hall–Kier alpha value is -2.86. The van der Waals surface area contributed by atoms with Crippen molar-refractivity contribution in [2.45, 2.75) is 6.61 Å². The molecule has 128 valence electrons. The van der Waals surface area contributed by atoms with Crippen LogP contribution >= 0.6 is 11.6 Å². The summed E-state index contributed by atoms with van der Waals surface area (Å²) in [6.07, 6.45) is 0. The minimum atomic E-state index is -0.449. The van der Waals surface area contributed by atoms with Crippen molar-refractivity contribution in [2.24, 2.45) is 0 Å². The molecule has 3 aromatic rings. The molecular formula is C18H16ClN3O3. The maximum absolute atomic E-state index is 12.2. The number of benzene rings is 2. The van der Waals surface area contributed by atoms with Gasteiger partial charge < -0.3 is 14.1 Å². The molecule has 0 aliphatic heterocycles. The lowest BCUT2D eigenvalue weighted by Crippen LogP contribution is -2.11. The van der Waals surface area contributed by atoms with Gasteiger partial charge >= 0.3 is 5.97 Å². The van der Waals surface area contributed by atoms with Crippen LogP contribution in [0.25, 0.3) is 11.5 Å². The molecular weight excluding hydrogens is 342 g/mol. The van der Waals surface area contributed by atoms with Crippen LogP contribution in [0.3, 0.4) is 0 Å². The van der Waals surface area contributed by atoms with E-state index in [1.165, 1.54) is 0 Å². The predicted octanol–water partition coefficient (Wildman–Crippen LogP) is 3.81. The number of hydrogen-bond donors (Lipinski definition) is 0. The summed E-state index contributed by atoms with van der Waals surface area (Å²) in [5, 5.41) is 8.46. The van der Waals surface area contributed by atoms with E-state index in [0.717, 1.165) is 11.3 Å². The van der Waals surface area contributed by atoms with Crippen LogP contribution in [0.2, 0.25) is 5.02 Å². The molecule has 3 rings (SSSR count). The molecule has 25 heavy (non-hydrogen) atoms. The van der Waals surface area contributed by atoms with Crippen molar-refractivity contribution >= 4 is 23.3 Å². The average Bonchev–Trinajstić information content (AvgIpc) is 3.09.